The van der Waals surface area contributed by atoms with Gasteiger partial charge in [-0.1, -0.05) is 6.07 Å². The number of H-pyrrole nitrogens is 1. The second-order valence-corrected chi connectivity index (χ2v) is 7.48. The molecule has 0 radical (unpaired) electrons. The van der Waals surface area contributed by atoms with Gasteiger partial charge < -0.3 is 14.6 Å². The van der Waals surface area contributed by atoms with E-state index in [1.54, 1.807) is 12.3 Å². The highest BCUT2D eigenvalue weighted by atomic mass is 19.1. The summed E-state index contributed by atoms with van der Waals surface area (Å²) < 4.78 is 21.3. The zero-order valence-electron chi connectivity index (χ0n) is 16.8. The first-order valence-corrected chi connectivity index (χ1v) is 9.94. The quantitative estimate of drug-likeness (QED) is 0.528. The average Bonchev–Trinajstić information content (AvgIpc) is 3.42. The zero-order chi connectivity index (χ0) is 21.4. The number of aryl methyl sites for hydroxylation is 1. The number of ether oxygens (including phenoxy) is 1. The molecule has 0 saturated carbocycles. The van der Waals surface area contributed by atoms with Crippen LogP contribution in [0, 0.1) is 5.82 Å². The van der Waals surface area contributed by atoms with E-state index in [1.165, 1.54) is 12.3 Å². The molecular weight excluding hydrogens is 397 g/mol. The number of rotatable bonds is 4. The number of aromatic nitrogens is 4. The summed E-state index contributed by atoms with van der Waals surface area (Å²) in [6.07, 6.45) is 5.33. The van der Waals surface area contributed by atoms with Crippen LogP contribution in [0.1, 0.15) is 28.5 Å². The monoisotopic (exact) mass is 417 g/mol. The zero-order valence-corrected chi connectivity index (χ0v) is 16.8. The van der Waals surface area contributed by atoms with Crippen molar-refractivity contribution in [1.29, 1.82) is 0 Å². The van der Waals surface area contributed by atoms with Crippen molar-refractivity contribution in [1.82, 2.24) is 25.1 Å². The lowest BCUT2D eigenvalue weighted by molar-refractivity contribution is 0.0919. The standard InChI is InChI=1S/C23H20FN5O2/c1-29-7-2-3-21(29)19-11-20(28-27-19)23(30)26-18-6-8-31-22-5-4-14(10-17(18)22)15-9-16(24)13-25-12-15/h2-5,7,9-13,18H,6,8H2,1H3,(H,26,30)(H,27,28). The fraction of sp³-hybridized carbons (Fsp3) is 0.174. The van der Waals surface area contributed by atoms with Crippen LogP contribution in [0.2, 0.25) is 0 Å². The summed E-state index contributed by atoms with van der Waals surface area (Å²) in [6.45, 7) is 0.496. The number of aromatic amines is 1. The van der Waals surface area contributed by atoms with Crippen LogP contribution in [-0.4, -0.2) is 32.3 Å². The molecule has 1 amide bonds. The van der Waals surface area contributed by atoms with E-state index in [1.807, 2.05) is 48.1 Å². The molecule has 1 atom stereocenters. The van der Waals surface area contributed by atoms with Crippen molar-refractivity contribution < 1.29 is 13.9 Å². The van der Waals surface area contributed by atoms with E-state index >= 15 is 0 Å². The molecule has 156 valence electrons. The molecule has 0 saturated heterocycles. The Morgan fingerprint density at radius 3 is 2.94 bits per heavy atom. The number of hydrogen-bond acceptors (Lipinski definition) is 4. The summed E-state index contributed by atoms with van der Waals surface area (Å²) in [5.41, 5.74) is 4.33. The Hall–Kier alpha value is -3.94. The molecule has 0 aliphatic carbocycles. The van der Waals surface area contributed by atoms with Gasteiger partial charge in [0.25, 0.3) is 5.91 Å². The van der Waals surface area contributed by atoms with Crippen LogP contribution in [0.4, 0.5) is 4.39 Å². The Morgan fingerprint density at radius 1 is 1.23 bits per heavy atom. The second kappa shape index (κ2) is 7.71. The first-order chi connectivity index (χ1) is 15.1. The summed E-state index contributed by atoms with van der Waals surface area (Å²) >= 11 is 0. The summed E-state index contributed by atoms with van der Waals surface area (Å²) in [5.74, 6) is 0.0620. The molecule has 2 N–H and O–H groups in total. The SMILES string of the molecule is Cn1cccc1-c1cc(C(=O)NC2CCOc3ccc(-c4cncc(F)c4)cc32)[nH]n1. The molecule has 0 fully saturated rings. The van der Waals surface area contributed by atoms with Crippen LogP contribution in [0.15, 0.2) is 61.1 Å². The third-order valence-electron chi connectivity index (χ3n) is 5.42. The van der Waals surface area contributed by atoms with E-state index < -0.39 is 5.82 Å². The van der Waals surface area contributed by atoms with Crippen LogP contribution in [0.25, 0.3) is 22.5 Å². The molecule has 3 aromatic heterocycles. The molecule has 1 aliphatic heterocycles. The minimum Gasteiger partial charge on any atom is -0.493 e. The number of carbonyl (C=O) groups excluding carboxylic acids is 1. The average molecular weight is 417 g/mol. The number of nitrogens with one attached hydrogen (secondary N) is 2. The van der Waals surface area contributed by atoms with Gasteiger partial charge in [0.15, 0.2) is 0 Å². The number of carbonyl (C=O) groups is 1. The van der Waals surface area contributed by atoms with Gasteiger partial charge in [0.1, 0.15) is 23.0 Å². The number of pyridine rings is 1. The van der Waals surface area contributed by atoms with Crippen LogP contribution < -0.4 is 10.1 Å². The first kappa shape index (κ1) is 19.0. The van der Waals surface area contributed by atoms with E-state index in [0.717, 1.165) is 16.8 Å². The number of amides is 1. The number of nitrogens with zero attached hydrogens (tertiary/aromatic N) is 3. The maximum absolute atomic E-state index is 13.6. The molecular formula is C23H20FN5O2. The minimum atomic E-state index is -0.399. The predicted molar refractivity (Wildman–Crippen MR) is 113 cm³/mol. The van der Waals surface area contributed by atoms with Crippen molar-refractivity contribution in [2.24, 2.45) is 7.05 Å². The fourth-order valence-corrected chi connectivity index (χ4v) is 3.83. The molecule has 8 heteroatoms. The second-order valence-electron chi connectivity index (χ2n) is 7.48. The van der Waals surface area contributed by atoms with Gasteiger partial charge in [-0.3, -0.25) is 14.9 Å². The molecule has 1 aromatic carbocycles. The summed E-state index contributed by atoms with van der Waals surface area (Å²) in [7, 11) is 1.93. The molecule has 7 nitrogen and oxygen atoms in total. The maximum Gasteiger partial charge on any atom is 0.269 e. The molecule has 1 aliphatic rings. The van der Waals surface area contributed by atoms with Crippen molar-refractivity contribution >= 4 is 5.91 Å². The van der Waals surface area contributed by atoms with Gasteiger partial charge >= 0.3 is 0 Å². The Balaban J connectivity index is 1.40. The van der Waals surface area contributed by atoms with Gasteiger partial charge in [0, 0.05) is 37.0 Å². The van der Waals surface area contributed by atoms with E-state index in [0.29, 0.717) is 35.7 Å². The predicted octanol–water partition coefficient (Wildman–Crippen LogP) is 3.87. The van der Waals surface area contributed by atoms with Gasteiger partial charge in [-0.05, 0) is 42.0 Å². The molecule has 1 unspecified atom stereocenters. The van der Waals surface area contributed by atoms with E-state index in [-0.39, 0.29) is 11.9 Å². The largest absolute Gasteiger partial charge is 0.493 e. The highest BCUT2D eigenvalue weighted by Crippen LogP contribution is 2.35. The van der Waals surface area contributed by atoms with E-state index in [4.69, 9.17) is 4.74 Å². The number of benzene rings is 1. The number of hydrogen-bond donors (Lipinski definition) is 2. The van der Waals surface area contributed by atoms with Crippen molar-refractivity contribution in [2.75, 3.05) is 6.61 Å². The first-order valence-electron chi connectivity index (χ1n) is 9.94. The van der Waals surface area contributed by atoms with Gasteiger partial charge in [-0.15, -0.1) is 0 Å². The van der Waals surface area contributed by atoms with Crippen molar-refractivity contribution in [3.8, 4) is 28.3 Å². The molecule has 5 rings (SSSR count). The third kappa shape index (κ3) is 3.68. The van der Waals surface area contributed by atoms with E-state index in [2.05, 4.69) is 20.5 Å². The van der Waals surface area contributed by atoms with Crippen LogP contribution in [0.3, 0.4) is 0 Å². The minimum absolute atomic E-state index is 0.237. The van der Waals surface area contributed by atoms with Gasteiger partial charge in [-0.2, -0.15) is 5.10 Å². The molecule has 0 spiro atoms. The summed E-state index contributed by atoms with van der Waals surface area (Å²) in [6, 6.07) is 12.4. The Morgan fingerprint density at radius 2 is 2.13 bits per heavy atom. The molecule has 31 heavy (non-hydrogen) atoms. The molecule has 4 heterocycles. The lowest BCUT2D eigenvalue weighted by Crippen LogP contribution is -2.32. The smallest absolute Gasteiger partial charge is 0.269 e. The van der Waals surface area contributed by atoms with Crippen LogP contribution in [-0.2, 0) is 7.05 Å². The van der Waals surface area contributed by atoms with Crippen LogP contribution in [0.5, 0.6) is 5.75 Å². The number of fused-ring (bicyclic) bond motifs is 1. The molecule has 0 bridgehead atoms. The Bertz CT molecular complexity index is 1260. The number of halogens is 1. The topological polar surface area (TPSA) is 84.8 Å². The Kier molecular flexibility index (Phi) is 4.74. The van der Waals surface area contributed by atoms with Crippen molar-refractivity contribution in [3.63, 3.8) is 0 Å². The van der Waals surface area contributed by atoms with Crippen molar-refractivity contribution in [2.45, 2.75) is 12.5 Å². The van der Waals surface area contributed by atoms with Crippen LogP contribution >= 0.6 is 0 Å². The summed E-state index contributed by atoms with van der Waals surface area (Å²) in [5, 5.41) is 10.2. The maximum atomic E-state index is 13.6. The third-order valence-corrected chi connectivity index (χ3v) is 5.42. The highest BCUT2D eigenvalue weighted by Gasteiger charge is 2.25. The lowest BCUT2D eigenvalue weighted by atomic mass is 9.96. The Labute approximate surface area is 177 Å². The van der Waals surface area contributed by atoms with Crippen molar-refractivity contribution in [3.05, 3.63) is 78.1 Å². The molecule has 4 aromatic rings. The fourth-order valence-electron chi connectivity index (χ4n) is 3.83. The van der Waals surface area contributed by atoms with Gasteiger partial charge in [-0.25, -0.2) is 4.39 Å². The normalized spacial score (nSPS) is 15.2. The van der Waals surface area contributed by atoms with Gasteiger partial charge in [0.2, 0.25) is 0 Å². The van der Waals surface area contributed by atoms with Gasteiger partial charge in [0.05, 0.1) is 24.5 Å². The highest BCUT2D eigenvalue weighted by molar-refractivity contribution is 5.93. The summed E-state index contributed by atoms with van der Waals surface area (Å²) in [4.78, 5) is 16.8. The van der Waals surface area contributed by atoms with E-state index in [9.17, 15) is 9.18 Å². The lowest BCUT2D eigenvalue weighted by Gasteiger charge is -2.27.